The maximum atomic E-state index is 13.3. The number of carbonyl (C=O) groups excluding carboxylic acids is 1. The number of rotatable bonds is 10. The highest BCUT2D eigenvalue weighted by Gasteiger charge is 2.20. The summed E-state index contributed by atoms with van der Waals surface area (Å²) in [5.74, 6) is 1.04. The number of unbranched alkanes of at least 4 members (excludes halogenated alkanes) is 1. The van der Waals surface area contributed by atoms with Gasteiger partial charge >= 0.3 is 5.97 Å². The Morgan fingerprint density at radius 2 is 2.06 bits per heavy atom. The number of halogens is 2. The minimum atomic E-state index is -0.796. The van der Waals surface area contributed by atoms with E-state index in [2.05, 4.69) is 50.5 Å². The van der Waals surface area contributed by atoms with Crippen molar-refractivity contribution in [2.45, 2.75) is 46.1 Å². The summed E-state index contributed by atoms with van der Waals surface area (Å²) >= 11 is 5.54. The molecule has 0 aliphatic heterocycles. The van der Waals surface area contributed by atoms with E-state index in [1.54, 1.807) is 25.3 Å². The van der Waals surface area contributed by atoms with E-state index >= 15 is 0 Å². The lowest BCUT2D eigenvalue weighted by molar-refractivity contribution is -0.148. The van der Waals surface area contributed by atoms with Crippen molar-refractivity contribution in [3.05, 3.63) is 60.1 Å². The van der Waals surface area contributed by atoms with E-state index in [1.807, 2.05) is 25.1 Å². The standard InChI is InChI=1S/C25H27BrIN3O5/c1-5-7-8-22-29-20-10-9-17(26)13-18(20)24(31)30(22)28-14-16-11-19(27)23(21(12-16)34-6-2)35-15(3)25(32)33-4/h9-15H,5-8H2,1-4H3/t15-/m1/s1. The van der Waals surface area contributed by atoms with Gasteiger partial charge in [0, 0.05) is 10.9 Å². The molecule has 1 atom stereocenters. The van der Waals surface area contributed by atoms with Crippen molar-refractivity contribution < 1.29 is 19.0 Å². The number of benzene rings is 2. The highest BCUT2D eigenvalue weighted by molar-refractivity contribution is 14.1. The summed E-state index contributed by atoms with van der Waals surface area (Å²) in [4.78, 5) is 29.8. The van der Waals surface area contributed by atoms with Crippen molar-refractivity contribution >= 4 is 61.6 Å². The highest BCUT2D eigenvalue weighted by Crippen LogP contribution is 2.35. The topological polar surface area (TPSA) is 92.0 Å². The van der Waals surface area contributed by atoms with Crippen LogP contribution in [0.4, 0.5) is 0 Å². The van der Waals surface area contributed by atoms with Gasteiger partial charge in [0.05, 0.1) is 34.4 Å². The lowest BCUT2D eigenvalue weighted by Gasteiger charge is -2.18. The van der Waals surface area contributed by atoms with Crippen molar-refractivity contribution in [3.8, 4) is 11.5 Å². The molecular formula is C25H27BrIN3O5. The minimum Gasteiger partial charge on any atom is -0.490 e. The molecule has 0 aliphatic rings. The van der Waals surface area contributed by atoms with E-state index in [4.69, 9.17) is 19.2 Å². The van der Waals surface area contributed by atoms with Crippen LogP contribution in [0.15, 0.2) is 44.7 Å². The predicted octanol–water partition coefficient (Wildman–Crippen LogP) is 5.33. The van der Waals surface area contributed by atoms with Crippen molar-refractivity contribution in [1.82, 2.24) is 9.66 Å². The Labute approximate surface area is 225 Å². The first-order valence-corrected chi connectivity index (χ1v) is 13.1. The van der Waals surface area contributed by atoms with Gasteiger partial charge in [-0.25, -0.2) is 9.78 Å². The number of esters is 1. The van der Waals surface area contributed by atoms with Crippen LogP contribution in [0, 0.1) is 3.57 Å². The third-order valence-electron chi connectivity index (χ3n) is 5.11. The molecule has 3 aromatic rings. The van der Waals surface area contributed by atoms with Gasteiger partial charge in [-0.05, 0) is 78.8 Å². The van der Waals surface area contributed by atoms with Crippen molar-refractivity contribution in [3.63, 3.8) is 0 Å². The van der Waals surface area contributed by atoms with E-state index in [-0.39, 0.29) is 5.56 Å². The Kier molecular flexibility index (Phi) is 9.67. The maximum Gasteiger partial charge on any atom is 0.346 e. The van der Waals surface area contributed by atoms with Crippen molar-refractivity contribution in [2.24, 2.45) is 5.10 Å². The van der Waals surface area contributed by atoms with Gasteiger partial charge in [0.1, 0.15) is 5.82 Å². The zero-order valence-corrected chi connectivity index (χ0v) is 23.8. The molecule has 1 heterocycles. The van der Waals surface area contributed by atoms with E-state index < -0.39 is 12.1 Å². The number of aryl methyl sites for hydroxylation is 1. The van der Waals surface area contributed by atoms with Crippen LogP contribution in [0.1, 0.15) is 45.0 Å². The Bertz CT molecular complexity index is 1310. The van der Waals surface area contributed by atoms with Gasteiger partial charge in [-0.15, -0.1) is 0 Å². The van der Waals surface area contributed by atoms with E-state index in [0.717, 1.165) is 20.9 Å². The molecule has 2 aromatic carbocycles. The number of hydrogen-bond acceptors (Lipinski definition) is 7. The third-order valence-corrected chi connectivity index (χ3v) is 6.41. The largest absolute Gasteiger partial charge is 0.490 e. The zero-order valence-electron chi connectivity index (χ0n) is 20.0. The number of carbonyl (C=O) groups is 1. The van der Waals surface area contributed by atoms with Gasteiger partial charge in [-0.3, -0.25) is 4.79 Å². The first-order chi connectivity index (χ1) is 16.8. The molecular weight excluding hydrogens is 629 g/mol. The van der Waals surface area contributed by atoms with Crippen LogP contribution in [0.3, 0.4) is 0 Å². The quantitative estimate of drug-likeness (QED) is 0.167. The fraction of sp³-hybridized carbons (Fsp3) is 0.360. The molecule has 0 saturated heterocycles. The number of ether oxygens (including phenoxy) is 3. The fourth-order valence-electron chi connectivity index (χ4n) is 3.37. The van der Waals surface area contributed by atoms with Gasteiger partial charge in [0.15, 0.2) is 17.6 Å². The number of hydrogen-bond donors (Lipinski definition) is 0. The molecule has 3 rings (SSSR count). The summed E-state index contributed by atoms with van der Waals surface area (Å²) in [5, 5.41) is 5.00. The molecule has 35 heavy (non-hydrogen) atoms. The lowest BCUT2D eigenvalue weighted by Crippen LogP contribution is -2.25. The summed E-state index contributed by atoms with van der Waals surface area (Å²) in [5.41, 5.74) is 1.12. The second-order valence-electron chi connectivity index (χ2n) is 7.70. The fourth-order valence-corrected chi connectivity index (χ4v) is 4.48. The van der Waals surface area contributed by atoms with Crippen LogP contribution >= 0.6 is 38.5 Å². The monoisotopic (exact) mass is 655 g/mol. The highest BCUT2D eigenvalue weighted by atomic mass is 127. The Balaban J connectivity index is 2.05. The Morgan fingerprint density at radius 1 is 1.29 bits per heavy atom. The third kappa shape index (κ3) is 6.60. The van der Waals surface area contributed by atoms with Gasteiger partial charge in [0.2, 0.25) is 0 Å². The average Bonchev–Trinajstić information content (AvgIpc) is 2.84. The minimum absolute atomic E-state index is 0.231. The molecule has 0 spiro atoms. The molecule has 0 saturated carbocycles. The van der Waals surface area contributed by atoms with E-state index in [0.29, 0.717) is 46.8 Å². The summed E-state index contributed by atoms with van der Waals surface area (Å²) in [6.45, 7) is 5.97. The van der Waals surface area contributed by atoms with Gasteiger partial charge < -0.3 is 14.2 Å². The normalized spacial score (nSPS) is 12.2. The molecule has 0 unspecified atom stereocenters. The lowest BCUT2D eigenvalue weighted by atomic mass is 10.2. The second-order valence-corrected chi connectivity index (χ2v) is 9.78. The summed E-state index contributed by atoms with van der Waals surface area (Å²) in [7, 11) is 1.31. The molecule has 0 aliphatic carbocycles. The molecule has 0 radical (unpaired) electrons. The Hall–Kier alpha value is -2.47. The molecule has 186 valence electrons. The molecule has 0 amide bonds. The molecule has 0 fully saturated rings. The van der Waals surface area contributed by atoms with Crippen LogP contribution in [0.5, 0.6) is 11.5 Å². The number of nitrogens with zero attached hydrogens (tertiary/aromatic N) is 3. The smallest absolute Gasteiger partial charge is 0.346 e. The van der Waals surface area contributed by atoms with Crippen molar-refractivity contribution in [1.29, 1.82) is 0 Å². The average molecular weight is 656 g/mol. The van der Waals surface area contributed by atoms with Gasteiger partial charge in [-0.2, -0.15) is 9.78 Å². The SMILES string of the molecule is CCCCc1nc2ccc(Br)cc2c(=O)n1N=Cc1cc(I)c(O[C@H](C)C(=O)OC)c(OCC)c1. The molecule has 10 heteroatoms. The summed E-state index contributed by atoms with van der Waals surface area (Å²) in [6, 6.07) is 9.05. The number of methoxy groups -OCH3 is 1. The van der Waals surface area contributed by atoms with E-state index in [9.17, 15) is 9.59 Å². The van der Waals surface area contributed by atoms with Crippen LogP contribution < -0.4 is 15.0 Å². The van der Waals surface area contributed by atoms with Gasteiger partial charge in [-0.1, -0.05) is 29.3 Å². The molecule has 0 N–H and O–H groups in total. The van der Waals surface area contributed by atoms with Crippen molar-refractivity contribution in [2.75, 3.05) is 13.7 Å². The molecule has 0 bridgehead atoms. The first-order valence-electron chi connectivity index (χ1n) is 11.2. The summed E-state index contributed by atoms with van der Waals surface area (Å²) < 4.78 is 19.2. The number of aromatic nitrogens is 2. The summed E-state index contributed by atoms with van der Waals surface area (Å²) in [6.07, 6.45) is 3.30. The maximum absolute atomic E-state index is 13.3. The van der Waals surface area contributed by atoms with Crippen LogP contribution in [0.2, 0.25) is 0 Å². The molecule has 8 nitrogen and oxygen atoms in total. The molecule has 1 aromatic heterocycles. The van der Waals surface area contributed by atoms with Gasteiger partial charge in [0.25, 0.3) is 5.56 Å². The first kappa shape index (κ1) is 27.1. The number of fused-ring (bicyclic) bond motifs is 1. The van der Waals surface area contributed by atoms with Crippen LogP contribution in [0.25, 0.3) is 10.9 Å². The van der Waals surface area contributed by atoms with E-state index in [1.165, 1.54) is 11.8 Å². The Morgan fingerprint density at radius 3 is 2.74 bits per heavy atom. The van der Waals surface area contributed by atoms with Crippen LogP contribution in [-0.2, 0) is 16.0 Å². The second kappa shape index (κ2) is 12.5. The zero-order chi connectivity index (χ0) is 25.5. The van der Waals surface area contributed by atoms with Crippen LogP contribution in [-0.4, -0.2) is 41.7 Å². The predicted molar refractivity (Wildman–Crippen MR) is 148 cm³/mol.